The van der Waals surface area contributed by atoms with Gasteiger partial charge in [-0.2, -0.15) is 5.10 Å². The van der Waals surface area contributed by atoms with E-state index >= 15 is 0 Å². The highest BCUT2D eigenvalue weighted by Gasteiger charge is 2.43. The molecule has 0 bridgehead atoms. The summed E-state index contributed by atoms with van der Waals surface area (Å²) in [6.07, 6.45) is 2.55. The van der Waals surface area contributed by atoms with Crippen molar-refractivity contribution in [3.05, 3.63) is 59.6 Å². The minimum Gasteiger partial charge on any atom is -0.300 e. The van der Waals surface area contributed by atoms with Gasteiger partial charge in [0.2, 0.25) is 11.7 Å². The molecule has 2 aromatic heterocycles. The fourth-order valence-corrected chi connectivity index (χ4v) is 4.62. The summed E-state index contributed by atoms with van der Waals surface area (Å²) in [4.78, 5) is 32.7. The number of ketones is 1. The van der Waals surface area contributed by atoms with Gasteiger partial charge in [-0.25, -0.2) is 27.5 Å². The van der Waals surface area contributed by atoms with Crippen molar-refractivity contribution >= 4 is 17.5 Å². The summed E-state index contributed by atoms with van der Waals surface area (Å²) in [5.74, 6) is 1.76. The smallest absolute Gasteiger partial charge is 0.275 e. The Balaban J connectivity index is 1.15. The molecule has 1 amide bonds. The third-order valence-electron chi connectivity index (χ3n) is 6.70. The Labute approximate surface area is 217 Å². The molecule has 1 fully saturated rings. The largest absolute Gasteiger partial charge is 0.300 e. The molecule has 5 rings (SSSR count). The fraction of sp³-hybridized carbons (Fsp3) is 0.423. The third kappa shape index (κ3) is 5.62. The van der Waals surface area contributed by atoms with Gasteiger partial charge in [-0.1, -0.05) is 24.1 Å². The van der Waals surface area contributed by atoms with Crippen LogP contribution in [0, 0.1) is 23.6 Å². The molecule has 1 aromatic carbocycles. The highest BCUT2D eigenvalue weighted by molar-refractivity contribution is 6.06. The lowest BCUT2D eigenvalue weighted by molar-refractivity contribution is -0.129. The van der Waals surface area contributed by atoms with Crippen LogP contribution < -0.4 is 4.90 Å². The number of hydrogen-bond donors (Lipinski definition) is 0. The quantitative estimate of drug-likeness (QED) is 0.268. The van der Waals surface area contributed by atoms with Gasteiger partial charge in [0.1, 0.15) is 18.0 Å². The van der Waals surface area contributed by atoms with E-state index in [-0.39, 0.29) is 43.6 Å². The van der Waals surface area contributed by atoms with Crippen molar-refractivity contribution in [2.24, 2.45) is 5.92 Å². The van der Waals surface area contributed by atoms with E-state index in [1.54, 1.807) is 34.8 Å². The molecule has 0 saturated carbocycles. The molecule has 38 heavy (non-hydrogen) atoms. The third-order valence-corrected chi connectivity index (χ3v) is 6.70. The molecule has 9 nitrogen and oxygen atoms in total. The molecular formula is C26H26F3N7O2. The second-order valence-corrected chi connectivity index (χ2v) is 9.61. The number of anilines is 1. The molecule has 3 aromatic rings. The lowest BCUT2D eigenvalue weighted by atomic mass is 10.0. The first-order chi connectivity index (χ1) is 18.2. The van der Waals surface area contributed by atoms with Crippen LogP contribution in [0.15, 0.2) is 36.7 Å². The number of hydrogen-bond acceptors (Lipinski definition) is 6. The zero-order chi connectivity index (χ0) is 26.9. The monoisotopic (exact) mass is 525 g/mol. The second-order valence-electron chi connectivity index (χ2n) is 9.61. The van der Waals surface area contributed by atoms with Gasteiger partial charge in [0.05, 0.1) is 31.2 Å². The molecule has 0 radical (unpaired) electrons. The predicted octanol–water partition coefficient (Wildman–Crippen LogP) is 2.41. The number of carbonyl (C=O) groups excluding carboxylic acids is 2. The standard InChI is InChI=1S/C26H26F3N7O2/c1-33-23-13-20(10-11-34-15-26(28,29)16-34)31-36(23)12-9-18(25(33)38)6-4-8-22(37)24-30-17-35(32-24)14-19-5-2-3-7-21(19)27/h2-3,5,7,13,17-18H,6,9-12,14-16H2,1H3/t18-/m0/s1. The Hall–Kier alpha value is -3.98. The van der Waals surface area contributed by atoms with Crippen LogP contribution in [0.3, 0.4) is 0 Å². The van der Waals surface area contributed by atoms with Gasteiger partial charge < -0.3 is 0 Å². The Morgan fingerprint density at radius 2 is 2.00 bits per heavy atom. The first-order valence-corrected chi connectivity index (χ1v) is 12.3. The van der Waals surface area contributed by atoms with Crippen molar-refractivity contribution in [2.45, 2.75) is 38.3 Å². The number of halogens is 3. The summed E-state index contributed by atoms with van der Waals surface area (Å²) in [6.45, 7) is 0.668. The summed E-state index contributed by atoms with van der Waals surface area (Å²) >= 11 is 0. The molecule has 0 unspecified atom stereocenters. The summed E-state index contributed by atoms with van der Waals surface area (Å²) in [5.41, 5.74) is 1.17. The molecule has 12 heteroatoms. The topological polar surface area (TPSA) is 89.2 Å². The summed E-state index contributed by atoms with van der Waals surface area (Å²) in [6, 6.07) is 8.10. The maximum atomic E-state index is 13.8. The van der Waals surface area contributed by atoms with Crippen LogP contribution in [0.2, 0.25) is 0 Å². The minimum atomic E-state index is -2.60. The van der Waals surface area contributed by atoms with E-state index in [1.807, 2.05) is 6.07 Å². The second kappa shape index (κ2) is 10.4. The van der Waals surface area contributed by atoms with Gasteiger partial charge in [-0.3, -0.25) is 19.4 Å². The van der Waals surface area contributed by atoms with E-state index in [9.17, 15) is 22.8 Å². The number of rotatable bonds is 7. The molecule has 0 spiro atoms. The summed E-state index contributed by atoms with van der Waals surface area (Å²) in [5, 5.41) is 8.64. The zero-order valence-electron chi connectivity index (χ0n) is 20.8. The fourth-order valence-electron chi connectivity index (χ4n) is 4.62. The molecule has 1 saturated heterocycles. The number of alkyl halides is 2. The number of aryl methyl sites for hydroxylation is 1. The van der Waals surface area contributed by atoms with E-state index in [4.69, 9.17) is 0 Å². The van der Waals surface area contributed by atoms with Crippen LogP contribution in [-0.4, -0.2) is 73.7 Å². The van der Waals surface area contributed by atoms with Gasteiger partial charge >= 0.3 is 0 Å². The molecule has 0 N–H and O–H groups in total. The van der Waals surface area contributed by atoms with Crippen LogP contribution >= 0.6 is 0 Å². The lowest BCUT2D eigenvalue weighted by Crippen LogP contribution is -2.56. The van der Waals surface area contributed by atoms with Crippen molar-refractivity contribution in [3.8, 4) is 11.8 Å². The average molecular weight is 526 g/mol. The van der Waals surface area contributed by atoms with E-state index < -0.39 is 17.6 Å². The molecule has 4 heterocycles. The van der Waals surface area contributed by atoms with Crippen molar-refractivity contribution in [2.75, 3.05) is 31.6 Å². The molecule has 2 aliphatic heterocycles. The average Bonchev–Trinajstić information content (AvgIpc) is 3.49. The number of nitrogens with zero attached hydrogens (tertiary/aromatic N) is 7. The number of Topliss-reactive ketones (excluding diaryl/α,β-unsaturated/α-hetero) is 1. The van der Waals surface area contributed by atoms with Crippen LogP contribution in [0.25, 0.3) is 0 Å². The van der Waals surface area contributed by atoms with E-state index in [0.717, 1.165) is 5.69 Å². The molecule has 0 aliphatic carbocycles. The first kappa shape index (κ1) is 25.7. The van der Waals surface area contributed by atoms with Crippen LogP contribution in [-0.2, 0) is 24.3 Å². The maximum absolute atomic E-state index is 13.8. The van der Waals surface area contributed by atoms with E-state index in [0.29, 0.717) is 37.3 Å². The lowest BCUT2D eigenvalue weighted by Gasteiger charge is -2.38. The number of carbonyl (C=O) groups is 2. The number of fused-ring (bicyclic) bond motifs is 1. The summed E-state index contributed by atoms with van der Waals surface area (Å²) < 4.78 is 43.0. The Kier molecular flexibility index (Phi) is 7.03. The van der Waals surface area contributed by atoms with Gasteiger partial charge in [0.25, 0.3) is 11.7 Å². The zero-order valence-corrected chi connectivity index (χ0v) is 20.8. The number of benzene rings is 1. The first-order valence-electron chi connectivity index (χ1n) is 12.3. The number of likely N-dealkylation sites (tertiary alicyclic amines) is 1. The number of amides is 1. The van der Waals surface area contributed by atoms with Crippen molar-refractivity contribution in [3.63, 3.8) is 0 Å². The van der Waals surface area contributed by atoms with Crippen molar-refractivity contribution in [1.82, 2.24) is 29.4 Å². The maximum Gasteiger partial charge on any atom is 0.275 e. The number of aromatic nitrogens is 5. The molecule has 1 atom stereocenters. The Bertz CT molecular complexity index is 1410. The van der Waals surface area contributed by atoms with Crippen molar-refractivity contribution in [1.29, 1.82) is 0 Å². The predicted molar refractivity (Wildman–Crippen MR) is 131 cm³/mol. The Morgan fingerprint density at radius 3 is 2.76 bits per heavy atom. The van der Waals surface area contributed by atoms with Crippen LogP contribution in [0.4, 0.5) is 19.0 Å². The van der Waals surface area contributed by atoms with Gasteiger partial charge in [-0.15, -0.1) is 5.10 Å². The van der Waals surface area contributed by atoms with E-state index in [2.05, 4.69) is 27.0 Å². The van der Waals surface area contributed by atoms with Gasteiger partial charge in [0, 0.05) is 44.6 Å². The normalized spacial score (nSPS) is 18.8. The molecule has 198 valence electrons. The summed E-state index contributed by atoms with van der Waals surface area (Å²) in [7, 11) is 1.67. The Morgan fingerprint density at radius 1 is 1.21 bits per heavy atom. The SMILES string of the molecule is CN1C(=O)[C@@H](CC#CC(=O)c2ncn(Cc3ccccc3F)n2)CCn2nc(CCN3CC(F)(F)C3)cc21. The van der Waals surface area contributed by atoms with E-state index in [1.165, 1.54) is 22.0 Å². The minimum absolute atomic E-state index is 0.0900. The van der Waals surface area contributed by atoms with Gasteiger partial charge in [0.15, 0.2) is 0 Å². The molecule has 2 aliphatic rings. The van der Waals surface area contributed by atoms with Crippen molar-refractivity contribution < 1.29 is 22.8 Å². The van der Waals surface area contributed by atoms with Crippen LogP contribution in [0.1, 0.15) is 34.7 Å². The van der Waals surface area contributed by atoms with Gasteiger partial charge in [-0.05, 0) is 18.4 Å². The highest BCUT2D eigenvalue weighted by atomic mass is 19.3. The van der Waals surface area contributed by atoms with Crippen LogP contribution in [0.5, 0.6) is 0 Å². The highest BCUT2D eigenvalue weighted by Crippen LogP contribution is 2.28. The molecular weight excluding hydrogens is 499 g/mol.